The lowest BCUT2D eigenvalue weighted by Crippen LogP contribution is -2.34. The molecule has 0 aliphatic carbocycles. The summed E-state index contributed by atoms with van der Waals surface area (Å²) in [5.41, 5.74) is 0.615. The van der Waals surface area contributed by atoms with Crippen molar-refractivity contribution in [2.45, 2.75) is 13.0 Å². The van der Waals surface area contributed by atoms with Crippen molar-refractivity contribution in [3.63, 3.8) is 0 Å². The Labute approximate surface area is 100 Å². The number of rotatable bonds is 3. The molecular weight excluding hydrogens is 214 g/mol. The number of carbonyl (C=O) groups is 1. The molecule has 17 heavy (non-hydrogen) atoms. The summed E-state index contributed by atoms with van der Waals surface area (Å²) in [5, 5.41) is 13.8. The lowest BCUT2D eigenvalue weighted by molar-refractivity contribution is 0.0922. The van der Waals surface area contributed by atoms with Crippen LogP contribution in [0.25, 0.3) is 10.8 Å². The van der Waals surface area contributed by atoms with Gasteiger partial charge in [0.15, 0.2) is 0 Å². The molecule has 2 N–H and O–H groups in total. The van der Waals surface area contributed by atoms with Crippen molar-refractivity contribution in [1.29, 1.82) is 0 Å². The minimum atomic E-state index is -0.228. The third kappa shape index (κ3) is 2.63. The molecular formula is C14H15NO2. The largest absolute Gasteiger partial charge is 0.394 e. The van der Waals surface area contributed by atoms with Crippen LogP contribution in [0.1, 0.15) is 17.3 Å². The second kappa shape index (κ2) is 4.97. The number of benzene rings is 2. The molecule has 0 saturated heterocycles. The minimum Gasteiger partial charge on any atom is -0.394 e. The highest BCUT2D eigenvalue weighted by molar-refractivity contribution is 5.98. The first-order valence-corrected chi connectivity index (χ1v) is 5.61. The summed E-state index contributed by atoms with van der Waals surface area (Å²) in [5.74, 6) is -0.155. The highest BCUT2D eigenvalue weighted by atomic mass is 16.3. The molecule has 0 saturated carbocycles. The van der Waals surface area contributed by atoms with Crippen molar-refractivity contribution in [3.05, 3.63) is 48.0 Å². The van der Waals surface area contributed by atoms with E-state index in [1.807, 2.05) is 36.4 Å². The first-order chi connectivity index (χ1) is 8.20. The van der Waals surface area contributed by atoms with Gasteiger partial charge in [0.2, 0.25) is 0 Å². The number of aliphatic hydroxyl groups excluding tert-OH is 1. The van der Waals surface area contributed by atoms with E-state index in [1.165, 1.54) is 0 Å². The Balaban J connectivity index is 2.27. The van der Waals surface area contributed by atoms with E-state index >= 15 is 0 Å². The third-order valence-corrected chi connectivity index (χ3v) is 2.66. The maximum absolute atomic E-state index is 11.8. The van der Waals surface area contributed by atoms with Crippen LogP contribution < -0.4 is 5.32 Å². The SMILES string of the molecule is C[C@@H](CO)NC(=O)c1ccc2ccccc2c1. The van der Waals surface area contributed by atoms with E-state index in [9.17, 15) is 4.79 Å². The van der Waals surface area contributed by atoms with Crippen molar-refractivity contribution in [3.8, 4) is 0 Å². The lowest BCUT2D eigenvalue weighted by Gasteiger charge is -2.11. The van der Waals surface area contributed by atoms with E-state index < -0.39 is 0 Å². The summed E-state index contributed by atoms with van der Waals surface area (Å²) in [6.07, 6.45) is 0. The Morgan fingerprint density at radius 3 is 2.65 bits per heavy atom. The average Bonchev–Trinajstić information content (AvgIpc) is 2.38. The van der Waals surface area contributed by atoms with Gasteiger partial charge in [0.05, 0.1) is 6.61 Å². The van der Waals surface area contributed by atoms with Gasteiger partial charge in [-0.2, -0.15) is 0 Å². The zero-order valence-corrected chi connectivity index (χ0v) is 9.68. The number of fused-ring (bicyclic) bond motifs is 1. The molecule has 0 radical (unpaired) electrons. The number of nitrogens with one attached hydrogen (secondary N) is 1. The van der Waals surface area contributed by atoms with Crippen molar-refractivity contribution in [2.24, 2.45) is 0 Å². The second-order valence-electron chi connectivity index (χ2n) is 4.12. The topological polar surface area (TPSA) is 49.3 Å². The fourth-order valence-corrected chi connectivity index (χ4v) is 1.68. The number of hydrogen-bond donors (Lipinski definition) is 2. The van der Waals surface area contributed by atoms with Crippen molar-refractivity contribution < 1.29 is 9.90 Å². The first kappa shape index (κ1) is 11.6. The van der Waals surface area contributed by atoms with Crippen LogP contribution in [0, 0.1) is 0 Å². The van der Waals surface area contributed by atoms with Crippen LogP contribution in [-0.2, 0) is 0 Å². The molecule has 1 atom stereocenters. The quantitative estimate of drug-likeness (QED) is 0.845. The summed E-state index contributed by atoms with van der Waals surface area (Å²) in [4.78, 5) is 11.8. The van der Waals surface area contributed by atoms with Gasteiger partial charge < -0.3 is 10.4 Å². The molecule has 0 unspecified atom stereocenters. The highest BCUT2D eigenvalue weighted by Crippen LogP contribution is 2.15. The monoisotopic (exact) mass is 229 g/mol. The van der Waals surface area contributed by atoms with Gasteiger partial charge in [-0.25, -0.2) is 0 Å². The van der Waals surface area contributed by atoms with Gasteiger partial charge in [0.25, 0.3) is 5.91 Å². The molecule has 0 heterocycles. The molecule has 0 aromatic heterocycles. The zero-order chi connectivity index (χ0) is 12.3. The fourth-order valence-electron chi connectivity index (χ4n) is 1.68. The van der Waals surface area contributed by atoms with Crippen LogP contribution >= 0.6 is 0 Å². The molecule has 3 nitrogen and oxygen atoms in total. The molecule has 0 aliphatic rings. The van der Waals surface area contributed by atoms with E-state index in [0.717, 1.165) is 10.8 Å². The molecule has 2 aromatic rings. The molecule has 1 amide bonds. The fraction of sp³-hybridized carbons (Fsp3) is 0.214. The minimum absolute atomic E-state index is 0.0562. The second-order valence-corrected chi connectivity index (χ2v) is 4.12. The molecule has 0 aliphatic heterocycles. The molecule has 3 heteroatoms. The predicted molar refractivity (Wildman–Crippen MR) is 68.0 cm³/mol. The average molecular weight is 229 g/mol. The van der Waals surface area contributed by atoms with Crippen LogP contribution in [0.5, 0.6) is 0 Å². The zero-order valence-electron chi connectivity index (χ0n) is 9.68. The van der Waals surface area contributed by atoms with Gasteiger partial charge >= 0.3 is 0 Å². The van der Waals surface area contributed by atoms with Crippen molar-refractivity contribution >= 4 is 16.7 Å². The summed E-state index contributed by atoms with van der Waals surface area (Å²) >= 11 is 0. The van der Waals surface area contributed by atoms with Crippen LogP contribution in [0.15, 0.2) is 42.5 Å². The predicted octanol–water partition coefficient (Wildman–Crippen LogP) is 1.95. The number of amides is 1. The smallest absolute Gasteiger partial charge is 0.251 e. The van der Waals surface area contributed by atoms with Crippen LogP contribution in [0.4, 0.5) is 0 Å². The van der Waals surface area contributed by atoms with Gasteiger partial charge in [-0.15, -0.1) is 0 Å². The maximum atomic E-state index is 11.8. The van der Waals surface area contributed by atoms with E-state index in [-0.39, 0.29) is 18.6 Å². The molecule has 0 bridgehead atoms. The van der Waals surface area contributed by atoms with Gasteiger partial charge in [-0.3, -0.25) is 4.79 Å². The van der Waals surface area contributed by atoms with Crippen molar-refractivity contribution in [2.75, 3.05) is 6.61 Å². The van der Waals surface area contributed by atoms with E-state index in [2.05, 4.69) is 5.32 Å². The Morgan fingerprint density at radius 2 is 1.94 bits per heavy atom. The Hall–Kier alpha value is -1.87. The molecule has 2 aromatic carbocycles. The van der Waals surface area contributed by atoms with Gasteiger partial charge in [0, 0.05) is 11.6 Å². The number of aliphatic hydroxyl groups is 1. The summed E-state index contributed by atoms with van der Waals surface area (Å²) < 4.78 is 0. The normalized spacial score (nSPS) is 12.4. The Morgan fingerprint density at radius 1 is 1.24 bits per heavy atom. The summed E-state index contributed by atoms with van der Waals surface area (Å²) in [6.45, 7) is 1.71. The van der Waals surface area contributed by atoms with E-state index in [1.54, 1.807) is 13.0 Å². The number of hydrogen-bond acceptors (Lipinski definition) is 2. The maximum Gasteiger partial charge on any atom is 0.251 e. The van der Waals surface area contributed by atoms with Gasteiger partial charge in [0.1, 0.15) is 0 Å². The summed E-state index contributed by atoms with van der Waals surface area (Å²) in [7, 11) is 0. The Bertz CT molecular complexity index is 536. The van der Waals surface area contributed by atoms with Gasteiger partial charge in [-0.05, 0) is 29.8 Å². The first-order valence-electron chi connectivity index (χ1n) is 5.61. The third-order valence-electron chi connectivity index (χ3n) is 2.66. The molecule has 0 fully saturated rings. The van der Waals surface area contributed by atoms with Gasteiger partial charge in [-0.1, -0.05) is 30.3 Å². The van der Waals surface area contributed by atoms with E-state index in [4.69, 9.17) is 5.11 Å². The lowest BCUT2D eigenvalue weighted by atomic mass is 10.1. The van der Waals surface area contributed by atoms with E-state index in [0.29, 0.717) is 5.56 Å². The van der Waals surface area contributed by atoms with Crippen molar-refractivity contribution in [1.82, 2.24) is 5.32 Å². The summed E-state index contributed by atoms with van der Waals surface area (Å²) in [6, 6.07) is 13.2. The molecule has 2 rings (SSSR count). The molecule has 0 spiro atoms. The Kier molecular flexibility index (Phi) is 3.40. The van der Waals surface area contributed by atoms with Crippen LogP contribution in [0.3, 0.4) is 0 Å². The number of carbonyl (C=O) groups excluding carboxylic acids is 1. The standard InChI is InChI=1S/C14H15NO2/c1-10(9-16)15-14(17)13-7-6-11-4-2-3-5-12(11)8-13/h2-8,10,16H,9H2,1H3,(H,15,17)/t10-/m0/s1. The highest BCUT2D eigenvalue weighted by Gasteiger charge is 2.08. The molecule has 88 valence electrons. The van der Waals surface area contributed by atoms with Crippen LogP contribution in [0.2, 0.25) is 0 Å². The van der Waals surface area contributed by atoms with Crippen LogP contribution in [-0.4, -0.2) is 23.7 Å².